The third-order valence-electron chi connectivity index (χ3n) is 4.67. The zero-order valence-corrected chi connectivity index (χ0v) is 13.0. The Bertz CT molecular complexity index is 680. The van der Waals surface area contributed by atoms with Crippen molar-refractivity contribution in [2.45, 2.75) is 31.3 Å². The van der Waals surface area contributed by atoms with E-state index < -0.39 is 0 Å². The van der Waals surface area contributed by atoms with E-state index in [0.717, 1.165) is 17.6 Å². The van der Waals surface area contributed by atoms with Gasteiger partial charge in [-0.25, -0.2) is 0 Å². The number of esters is 1. The summed E-state index contributed by atoms with van der Waals surface area (Å²) in [7, 11) is 3.39. The largest absolute Gasteiger partial charge is 0.468 e. The number of aromatic nitrogens is 1. The van der Waals surface area contributed by atoms with Crippen LogP contribution in [0.5, 0.6) is 0 Å². The molecule has 3 rings (SSSR count). The summed E-state index contributed by atoms with van der Waals surface area (Å²) in [5.41, 5.74) is 3.46. The number of aliphatic hydroxyl groups excluding tert-OH is 1. The number of rotatable bonds is 4. The van der Waals surface area contributed by atoms with Gasteiger partial charge in [0.2, 0.25) is 0 Å². The highest BCUT2D eigenvalue weighted by molar-refractivity contribution is 5.87. The average Bonchev–Trinajstić information content (AvgIpc) is 2.91. The first-order valence-corrected chi connectivity index (χ1v) is 7.67. The molecule has 5 heteroatoms. The molecule has 0 saturated carbocycles. The van der Waals surface area contributed by atoms with E-state index in [1.165, 1.54) is 18.1 Å². The van der Waals surface area contributed by atoms with Crippen molar-refractivity contribution < 1.29 is 14.6 Å². The first kappa shape index (κ1) is 15.1. The molecule has 0 bridgehead atoms. The quantitative estimate of drug-likeness (QED) is 0.848. The van der Waals surface area contributed by atoms with Crippen LogP contribution in [0.4, 0.5) is 0 Å². The Kier molecular flexibility index (Phi) is 4.18. The topological polar surface area (TPSA) is 65.6 Å². The Balaban J connectivity index is 2.08. The third-order valence-corrected chi connectivity index (χ3v) is 4.67. The predicted octanol–water partition coefficient (Wildman–Crippen LogP) is 2.01. The number of hydrogen-bond donors (Lipinski definition) is 2. The summed E-state index contributed by atoms with van der Waals surface area (Å²) in [6.45, 7) is 0.156. The second kappa shape index (κ2) is 6.10. The lowest BCUT2D eigenvalue weighted by molar-refractivity contribution is -0.148. The zero-order valence-electron chi connectivity index (χ0n) is 13.0. The number of H-pyrrole nitrogens is 1. The summed E-state index contributed by atoms with van der Waals surface area (Å²) in [6.07, 6.45) is 2.16. The van der Waals surface area contributed by atoms with Crippen LogP contribution < -0.4 is 0 Å². The molecule has 2 atom stereocenters. The van der Waals surface area contributed by atoms with Crippen molar-refractivity contribution in [3.05, 3.63) is 35.5 Å². The maximum atomic E-state index is 12.1. The minimum atomic E-state index is -0.277. The standard InChI is InChI=1S/C17H22N2O3/c1-19-14(8-5-9-20)16-12(10-15(19)17(21)22-2)11-6-3-4-7-13(11)18-16/h3-4,6-7,14-15,18,20H,5,8-10H2,1-2H3/t14-,15+/m1/s1. The van der Waals surface area contributed by atoms with Gasteiger partial charge in [0.05, 0.1) is 13.2 Å². The van der Waals surface area contributed by atoms with E-state index in [1.54, 1.807) is 0 Å². The highest BCUT2D eigenvalue weighted by Crippen LogP contribution is 2.38. The lowest BCUT2D eigenvalue weighted by atomic mass is 9.90. The lowest BCUT2D eigenvalue weighted by Gasteiger charge is -2.38. The fraction of sp³-hybridized carbons (Fsp3) is 0.471. The number of para-hydroxylation sites is 1. The van der Waals surface area contributed by atoms with Gasteiger partial charge >= 0.3 is 5.97 Å². The van der Waals surface area contributed by atoms with Crippen LogP contribution in [-0.4, -0.2) is 47.8 Å². The van der Waals surface area contributed by atoms with Crippen LogP contribution in [0.2, 0.25) is 0 Å². The molecule has 0 saturated heterocycles. The maximum absolute atomic E-state index is 12.1. The molecule has 0 unspecified atom stereocenters. The molecule has 1 aromatic carbocycles. The van der Waals surface area contributed by atoms with Crippen LogP contribution in [0.1, 0.15) is 30.1 Å². The molecule has 0 aliphatic carbocycles. The molecule has 0 amide bonds. The number of likely N-dealkylation sites (N-methyl/N-ethyl adjacent to an activating group) is 1. The Labute approximate surface area is 129 Å². The van der Waals surface area contributed by atoms with Gasteiger partial charge in [0.25, 0.3) is 0 Å². The van der Waals surface area contributed by atoms with Crippen LogP contribution in [-0.2, 0) is 16.0 Å². The fourth-order valence-electron chi connectivity index (χ4n) is 3.50. The molecule has 0 fully saturated rings. The van der Waals surface area contributed by atoms with Crippen LogP contribution in [0.25, 0.3) is 10.9 Å². The van der Waals surface area contributed by atoms with Gasteiger partial charge in [0.15, 0.2) is 0 Å². The molecule has 2 aromatic rings. The monoisotopic (exact) mass is 302 g/mol. The normalized spacial score (nSPS) is 21.8. The minimum Gasteiger partial charge on any atom is -0.468 e. The van der Waals surface area contributed by atoms with Crippen molar-refractivity contribution in [1.82, 2.24) is 9.88 Å². The van der Waals surface area contributed by atoms with Gasteiger partial charge in [-0.15, -0.1) is 0 Å². The molecular formula is C17H22N2O3. The highest BCUT2D eigenvalue weighted by atomic mass is 16.5. The molecule has 118 valence electrons. The number of carbonyl (C=O) groups is 1. The summed E-state index contributed by atoms with van der Waals surface area (Å²) < 4.78 is 4.98. The van der Waals surface area contributed by atoms with Crippen molar-refractivity contribution in [2.75, 3.05) is 20.8 Å². The molecule has 1 aromatic heterocycles. The van der Waals surface area contributed by atoms with Crippen molar-refractivity contribution in [2.24, 2.45) is 0 Å². The summed E-state index contributed by atoms with van der Waals surface area (Å²) in [4.78, 5) is 17.7. The second-order valence-corrected chi connectivity index (χ2v) is 5.85. The van der Waals surface area contributed by atoms with Crippen molar-refractivity contribution in [3.63, 3.8) is 0 Å². The van der Waals surface area contributed by atoms with Gasteiger partial charge in [-0.1, -0.05) is 18.2 Å². The zero-order chi connectivity index (χ0) is 15.7. The van der Waals surface area contributed by atoms with Gasteiger partial charge in [-0.3, -0.25) is 9.69 Å². The van der Waals surface area contributed by atoms with Gasteiger partial charge in [-0.2, -0.15) is 0 Å². The predicted molar refractivity (Wildman–Crippen MR) is 84.6 cm³/mol. The molecule has 2 heterocycles. The minimum absolute atomic E-state index is 0.0902. The number of fused-ring (bicyclic) bond motifs is 3. The van der Waals surface area contributed by atoms with Crippen LogP contribution in [0.15, 0.2) is 24.3 Å². The van der Waals surface area contributed by atoms with Crippen molar-refractivity contribution >= 4 is 16.9 Å². The Morgan fingerprint density at radius 1 is 1.45 bits per heavy atom. The molecule has 5 nitrogen and oxygen atoms in total. The van der Waals surface area contributed by atoms with E-state index in [1.807, 2.05) is 19.2 Å². The number of methoxy groups -OCH3 is 1. The van der Waals surface area contributed by atoms with Gasteiger partial charge in [0, 0.05) is 29.6 Å². The number of nitrogens with zero attached hydrogens (tertiary/aromatic N) is 1. The number of hydrogen-bond acceptors (Lipinski definition) is 4. The Morgan fingerprint density at radius 3 is 2.95 bits per heavy atom. The lowest BCUT2D eigenvalue weighted by Crippen LogP contribution is -2.46. The first-order chi connectivity index (χ1) is 10.7. The molecule has 1 aliphatic heterocycles. The van der Waals surface area contributed by atoms with E-state index >= 15 is 0 Å². The summed E-state index contributed by atoms with van der Waals surface area (Å²) in [5.74, 6) is -0.201. The SMILES string of the molecule is COC(=O)[C@@H]1Cc2c([nH]c3ccccc23)[C@@H](CCCO)N1C. The van der Waals surface area contributed by atoms with Crippen molar-refractivity contribution in [3.8, 4) is 0 Å². The van der Waals surface area contributed by atoms with E-state index in [4.69, 9.17) is 4.74 Å². The Morgan fingerprint density at radius 2 is 2.23 bits per heavy atom. The highest BCUT2D eigenvalue weighted by Gasteiger charge is 2.38. The van der Waals surface area contributed by atoms with Crippen molar-refractivity contribution in [1.29, 1.82) is 0 Å². The number of benzene rings is 1. The number of aliphatic hydroxyl groups is 1. The number of aromatic amines is 1. The average molecular weight is 302 g/mol. The molecular weight excluding hydrogens is 280 g/mol. The molecule has 0 radical (unpaired) electrons. The van der Waals surface area contributed by atoms with E-state index in [-0.39, 0.29) is 24.7 Å². The maximum Gasteiger partial charge on any atom is 0.323 e. The summed E-state index contributed by atoms with van der Waals surface area (Å²) >= 11 is 0. The first-order valence-electron chi connectivity index (χ1n) is 7.67. The molecule has 1 aliphatic rings. The smallest absolute Gasteiger partial charge is 0.323 e. The number of nitrogens with one attached hydrogen (secondary N) is 1. The molecule has 22 heavy (non-hydrogen) atoms. The summed E-state index contributed by atoms with van der Waals surface area (Å²) in [6, 6.07) is 7.99. The third kappa shape index (κ3) is 2.40. The van der Waals surface area contributed by atoms with Gasteiger partial charge in [-0.05, 0) is 31.5 Å². The van der Waals surface area contributed by atoms with E-state index in [2.05, 4.69) is 22.0 Å². The molecule has 2 N–H and O–H groups in total. The van der Waals surface area contributed by atoms with Gasteiger partial charge in [0.1, 0.15) is 6.04 Å². The van der Waals surface area contributed by atoms with Crippen LogP contribution in [0, 0.1) is 0 Å². The fourth-order valence-corrected chi connectivity index (χ4v) is 3.50. The van der Waals surface area contributed by atoms with E-state index in [0.29, 0.717) is 12.8 Å². The van der Waals surface area contributed by atoms with Crippen LogP contribution in [0.3, 0.4) is 0 Å². The summed E-state index contributed by atoms with van der Waals surface area (Å²) in [5, 5.41) is 10.3. The van der Waals surface area contributed by atoms with Crippen LogP contribution >= 0.6 is 0 Å². The van der Waals surface area contributed by atoms with Gasteiger partial charge < -0.3 is 14.8 Å². The number of ether oxygens (including phenoxy) is 1. The van der Waals surface area contributed by atoms with E-state index in [9.17, 15) is 9.90 Å². The second-order valence-electron chi connectivity index (χ2n) is 5.85. The Hall–Kier alpha value is -1.85. The number of carbonyl (C=O) groups excluding carboxylic acids is 1. The molecule has 0 spiro atoms.